The van der Waals surface area contributed by atoms with Crippen molar-refractivity contribution in [3.63, 3.8) is 0 Å². The van der Waals surface area contributed by atoms with E-state index in [-0.39, 0.29) is 11.8 Å². The molecule has 0 bridgehead atoms. The summed E-state index contributed by atoms with van der Waals surface area (Å²) in [5.41, 5.74) is 3.20. The summed E-state index contributed by atoms with van der Waals surface area (Å²) in [5.74, 6) is -0.458. The van der Waals surface area contributed by atoms with Gasteiger partial charge in [0.1, 0.15) is 5.65 Å². The Kier molecular flexibility index (Phi) is 2.44. The van der Waals surface area contributed by atoms with E-state index in [1.54, 1.807) is 0 Å². The van der Waals surface area contributed by atoms with Crippen molar-refractivity contribution >= 4 is 39.3 Å². The van der Waals surface area contributed by atoms with E-state index in [1.807, 2.05) is 60.0 Å². The third-order valence-corrected chi connectivity index (χ3v) is 4.70. The Balaban J connectivity index is 2.12. The van der Waals surface area contributed by atoms with Crippen molar-refractivity contribution in [3.8, 4) is 0 Å². The number of benzene rings is 2. The molecule has 2 aromatic carbocycles. The topological polar surface area (TPSA) is 54.7 Å². The molecule has 1 aliphatic rings. The molecule has 1 aliphatic heterocycles. The van der Waals surface area contributed by atoms with Crippen LogP contribution in [0.1, 0.15) is 27.6 Å². The van der Waals surface area contributed by atoms with Crippen LogP contribution in [-0.4, -0.2) is 32.6 Å². The maximum absolute atomic E-state index is 12.9. The van der Waals surface area contributed by atoms with Gasteiger partial charge in [-0.2, -0.15) is 0 Å². The molecular weight excluding hydrogens is 302 g/mol. The summed E-state index contributed by atoms with van der Waals surface area (Å²) in [6, 6.07) is 13.4. The van der Waals surface area contributed by atoms with Crippen LogP contribution in [0.5, 0.6) is 0 Å². The van der Waals surface area contributed by atoms with Gasteiger partial charge in [0, 0.05) is 18.1 Å². The predicted octanol–water partition coefficient (Wildman–Crippen LogP) is 3.26. The normalized spacial score (nSPS) is 14.3. The summed E-state index contributed by atoms with van der Waals surface area (Å²) >= 11 is 0. The largest absolute Gasteiger partial charge is 0.299 e. The van der Waals surface area contributed by atoms with E-state index >= 15 is 0 Å². The summed E-state index contributed by atoms with van der Waals surface area (Å²) < 4.78 is 1.89. The van der Waals surface area contributed by atoms with Crippen molar-refractivity contribution in [2.45, 2.75) is 6.92 Å². The van der Waals surface area contributed by atoms with E-state index in [1.165, 1.54) is 4.90 Å². The Morgan fingerprint density at radius 1 is 0.917 bits per heavy atom. The Labute approximate surface area is 137 Å². The van der Waals surface area contributed by atoms with E-state index in [9.17, 15) is 9.59 Å². The van der Waals surface area contributed by atoms with Gasteiger partial charge >= 0.3 is 0 Å². The van der Waals surface area contributed by atoms with Crippen LogP contribution in [0.4, 0.5) is 0 Å². The highest BCUT2D eigenvalue weighted by Crippen LogP contribution is 2.37. The Bertz CT molecular complexity index is 1190. The number of nitrogens with zero attached hydrogens (tertiary/aromatic N) is 3. The average molecular weight is 315 g/mol. The van der Waals surface area contributed by atoms with Gasteiger partial charge in [0.15, 0.2) is 0 Å². The first-order valence-electron chi connectivity index (χ1n) is 7.90. The number of imide groups is 1. The minimum Gasteiger partial charge on any atom is -0.299 e. The maximum Gasteiger partial charge on any atom is 0.263 e. The molecule has 4 aromatic rings. The number of hydrogen-bond donors (Lipinski definition) is 0. The lowest BCUT2D eigenvalue weighted by atomic mass is 9.98. The van der Waals surface area contributed by atoms with Gasteiger partial charge in [0.2, 0.25) is 0 Å². The Morgan fingerprint density at radius 3 is 2.42 bits per heavy atom. The SMILES string of the molecule is CCN1C(=O)c2c(c3c(nc4ccccn43)c3ccccc23)C1=O. The van der Waals surface area contributed by atoms with Crippen LogP contribution in [-0.2, 0) is 0 Å². The Morgan fingerprint density at radius 2 is 1.62 bits per heavy atom. The smallest absolute Gasteiger partial charge is 0.263 e. The van der Waals surface area contributed by atoms with Crippen LogP contribution in [0.2, 0.25) is 0 Å². The molecule has 5 heteroatoms. The van der Waals surface area contributed by atoms with E-state index in [2.05, 4.69) is 0 Å². The minimum absolute atomic E-state index is 0.221. The van der Waals surface area contributed by atoms with Crippen molar-refractivity contribution in [1.29, 1.82) is 0 Å². The molecule has 0 atom stereocenters. The van der Waals surface area contributed by atoms with E-state index < -0.39 is 0 Å². The number of pyridine rings is 1. The summed E-state index contributed by atoms with van der Waals surface area (Å²) in [4.78, 5) is 31.7. The molecule has 5 nitrogen and oxygen atoms in total. The summed E-state index contributed by atoms with van der Waals surface area (Å²) in [7, 11) is 0. The van der Waals surface area contributed by atoms with Gasteiger partial charge in [0.25, 0.3) is 11.8 Å². The van der Waals surface area contributed by atoms with Crippen LogP contribution < -0.4 is 0 Å². The minimum atomic E-state index is -0.237. The monoisotopic (exact) mass is 315 g/mol. The first-order valence-corrected chi connectivity index (χ1v) is 7.90. The molecule has 0 N–H and O–H groups in total. The van der Waals surface area contributed by atoms with Crippen LogP contribution in [0.25, 0.3) is 27.5 Å². The van der Waals surface area contributed by atoms with Crippen molar-refractivity contribution in [1.82, 2.24) is 14.3 Å². The second-order valence-electron chi connectivity index (χ2n) is 5.89. The van der Waals surface area contributed by atoms with Crippen molar-refractivity contribution in [3.05, 3.63) is 59.8 Å². The number of aromatic nitrogens is 2. The second kappa shape index (κ2) is 4.41. The molecule has 0 spiro atoms. The molecule has 2 amide bonds. The lowest BCUT2D eigenvalue weighted by Crippen LogP contribution is -2.29. The van der Waals surface area contributed by atoms with Crippen molar-refractivity contribution in [2.24, 2.45) is 0 Å². The van der Waals surface area contributed by atoms with Gasteiger partial charge in [0.05, 0.1) is 22.2 Å². The zero-order valence-electron chi connectivity index (χ0n) is 13.0. The number of amides is 2. The van der Waals surface area contributed by atoms with Crippen LogP contribution >= 0.6 is 0 Å². The average Bonchev–Trinajstić information content (AvgIpc) is 3.11. The van der Waals surface area contributed by atoms with Crippen molar-refractivity contribution < 1.29 is 9.59 Å². The molecule has 0 unspecified atom stereocenters. The molecule has 5 rings (SSSR count). The highest BCUT2D eigenvalue weighted by Gasteiger charge is 2.39. The maximum atomic E-state index is 12.9. The van der Waals surface area contributed by atoms with E-state index in [0.717, 1.165) is 21.9 Å². The summed E-state index contributed by atoms with van der Waals surface area (Å²) in [6.07, 6.45) is 1.88. The number of imidazole rings is 1. The highest BCUT2D eigenvalue weighted by molar-refractivity contribution is 6.33. The van der Waals surface area contributed by atoms with Gasteiger partial charge < -0.3 is 0 Å². The van der Waals surface area contributed by atoms with Gasteiger partial charge in [-0.25, -0.2) is 4.98 Å². The van der Waals surface area contributed by atoms with Crippen LogP contribution in [0, 0.1) is 0 Å². The summed E-state index contributed by atoms with van der Waals surface area (Å²) in [6.45, 7) is 2.18. The lowest BCUT2D eigenvalue weighted by molar-refractivity contribution is 0.0664. The molecule has 0 aliphatic carbocycles. The fraction of sp³-hybridized carbons (Fsp3) is 0.105. The second-order valence-corrected chi connectivity index (χ2v) is 5.89. The number of rotatable bonds is 1. The number of fused-ring (bicyclic) bond motifs is 8. The molecule has 0 saturated heterocycles. The van der Waals surface area contributed by atoms with E-state index in [4.69, 9.17) is 4.98 Å². The highest BCUT2D eigenvalue weighted by atomic mass is 16.2. The van der Waals surface area contributed by atoms with Gasteiger partial charge in [-0.3, -0.25) is 18.9 Å². The number of carbonyl (C=O) groups is 2. The van der Waals surface area contributed by atoms with Crippen LogP contribution in [0.15, 0.2) is 48.7 Å². The fourth-order valence-electron chi connectivity index (χ4n) is 3.66. The first-order chi connectivity index (χ1) is 11.7. The molecule has 0 saturated carbocycles. The lowest BCUT2D eigenvalue weighted by Gasteiger charge is -2.09. The number of hydrogen-bond acceptors (Lipinski definition) is 3. The molecule has 24 heavy (non-hydrogen) atoms. The molecule has 116 valence electrons. The third kappa shape index (κ3) is 1.42. The zero-order valence-corrected chi connectivity index (χ0v) is 13.0. The van der Waals surface area contributed by atoms with Gasteiger partial charge in [-0.1, -0.05) is 30.3 Å². The standard InChI is InChI=1S/C19H13N3O2/c1-2-21-18(23)14-11-7-3-4-8-12(11)16-17(15(14)19(21)24)22-10-6-5-9-13(22)20-16/h3-10H,2H2,1H3. The molecule has 2 aromatic heterocycles. The first kappa shape index (κ1) is 13.2. The number of carbonyl (C=O) groups excluding carboxylic acids is 2. The summed E-state index contributed by atoms with van der Waals surface area (Å²) in [5, 5.41) is 1.69. The fourth-order valence-corrected chi connectivity index (χ4v) is 3.66. The van der Waals surface area contributed by atoms with Gasteiger partial charge in [-0.15, -0.1) is 0 Å². The quantitative estimate of drug-likeness (QED) is 0.507. The molecular formula is C19H13N3O2. The van der Waals surface area contributed by atoms with Crippen molar-refractivity contribution in [2.75, 3.05) is 6.54 Å². The predicted molar refractivity (Wildman–Crippen MR) is 91.2 cm³/mol. The zero-order chi connectivity index (χ0) is 16.4. The van der Waals surface area contributed by atoms with Crippen LogP contribution in [0.3, 0.4) is 0 Å². The Hall–Kier alpha value is -3.21. The third-order valence-electron chi connectivity index (χ3n) is 4.70. The van der Waals surface area contributed by atoms with Gasteiger partial charge in [-0.05, 0) is 24.4 Å². The molecule has 0 fully saturated rings. The van der Waals surface area contributed by atoms with E-state index in [0.29, 0.717) is 23.2 Å². The molecule has 0 radical (unpaired) electrons. The molecule has 3 heterocycles.